The molecule has 0 fully saturated rings. The Morgan fingerprint density at radius 3 is 2.48 bits per heavy atom. The summed E-state index contributed by atoms with van der Waals surface area (Å²) in [6.45, 7) is 1.87. The van der Waals surface area contributed by atoms with Gasteiger partial charge in [-0.05, 0) is 55.5 Å². The molecule has 3 aromatic carbocycles. The number of sulfonamides is 1. The van der Waals surface area contributed by atoms with Crippen LogP contribution < -0.4 is 14.8 Å². The van der Waals surface area contributed by atoms with Gasteiger partial charge in [0.05, 0.1) is 12.0 Å². The van der Waals surface area contributed by atoms with Crippen molar-refractivity contribution in [3.8, 4) is 17.2 Å². The van der Waals surface area contributed by atoms with Crippen molar-refractivity contribution in [3.05, 3.63) is 83.9 Å². The van der Waals surface area contributed by atoms with Crippen LogP contribution in [0, 0.1) is 6.92 Å². The number of rotatable bonds is 7. The fourth-order valence-corrected chi connectivity index (χ4v) is 4.02. The summed E-state index contributed by atoms with van der Waals surface area (Å²) in [4.78, 5) is 12.8. The van der Waals surface area contributed by atoms with E-state index in [-0.39, 0.29) is 28.1 Å². The zero-order valence-corrected chi connectivity index (χ0v) is 18.6. The van der Waals surface area contributed by atoms with E-state index < -0.39 is 15.9 Å². The maximum absolute atomic E-state index is 12.6. The van der Waals surface area contributed by atoms with Crippen molar-refractivity contribution in [2.45, 2.75) is 11.8 Å². The number of methoxy groups -OCH3 is 1. The van der Waals surface area contributed by atoms with Gasteiger partial charge < -0.3 is 9.15 Å². The number of carbonyl (C=O) groups is 1. The van der Waals surface area contributed by atoms with Gasteiger partial charge in [0, 0.05) is 16.8 Å². The van der Waals surface area contributed by atoms with Crippen LogP contribution in [0.25, 0.3) is 11.5 Å². The standard InChI is InChI=1S/C23H20N4O5S/c1-15-9-11-20(12-10-15)33(29,30)27-18-7-3-5-16(13-18)21(28)24-23-26-25-22(32-23)17-6-4-8-19(14-17)31-2/h3-14,27H,1-2H3,(H,24,26,28). The third kappa shape index (κ3) is 5.18. The highest BCUT2D eigenvalue weighted by atomic mass is 32.2. The molecule has 0 aliphatic rings. The third-order valence-corrected chi connectivity index (χ3v) is 6.07. The first-order valence-corrected chi connectivity index (χ1v) is 11.3. The molecule has 0 atom stereocenters. The van der Waals surface area contributed by atoms with Gasteiger partial charge >= 0.3 is 6.01 Å². The average molecular weight is 465 g/mol. The van der Waals surface area contributed by atoms with E-state index in [2.05, 4.69) is 20.2 Å². The first kappa shape index (κ1) is 22.0. The summed E-state index contributed by atoms with van der Waals surface area (Å²) in [5.74, 6) is 0.303. The van der Waals surface area contributed by atoms with Crippen LogP contribution in [0.15, 0.2) is 82.1 Å². The second-order valence-electron chi connectivity index (χ2n) is 7.10. The predicted octanol–water partition coefficient (Wildman–Crippen LogP) is 4.11. The molecule has 1 aromatic heterocycles. The molecule has 0 aliphatic heterocycles. The molecule has 0 aliphatic carbocycles. The number of nitrogens with one attached hydrogen (secondary N) is 2. The molecule has 0 radical (unpaired) electrons. The van der Waals surface area contributed by atoms with E-state index >= 15 is 0 Å². The van der Waals surface area contributed by atoms with Crippen molar-refractivity contribution in [2.75, 3.05) is 17.1 Å². The largest absolute Gasteiger partial charge is 0.497 e. The maximum atomic E-state index is 12.6. The number of benzene rings is 3. The zero-order chi connectivity index (χ0) is 23.4. The van der Waals surface area contributed by atoms with Crippen LogP contribution in [0.4, 0.5) is 11.7 Å². The van der Waals surface area contributed by atoms with E-state index in [1.54, 1.807) is 61.7 Å². The van der Waals surface area contributed by atoms with Gasteiger partial charge in [0.15, 0.2) is 0 Å². The summed E-state index contributed by atoms with van der Waals surface area (Å²) in [7, 11) is -2.25. The van der Waals surface area contributed by atoms with Crippen molar-refractivity contribution in [2.24, 2.45) is 0 Å². The molecule has 10 heteroatoms. The second kappa shape index (κ2) is 9.13. The number of hydrogen-bond donors (Lipinski definition) is 2. The molecule has 1 heterocycles. The summed E-state index contributed by atoms with van der Waals surface area (Å²) in [6.07, 6.45) is 0. The fraction of sp³-hybridized carbons (Fsp3) is 0.0870. The summed E-state index contributed by atoms with van der Waals surface area (Å²) in [5.41, 5.74) is 2.03. The highest BCUT2D eigenvalue weighted by Crippen LogP contribution is 2.24. The van der Waals surface area contributed by atoms with Crippen LogP contribution in [-0.2, 0) is 10.0 Å². The van der Waals surface area contributed by atoms with Crippen LogP contribution in [0.1, 0.15) is 15.9 Å². The molecule has 0 bridgehead atoms. The fourth-order valence-electron chi connectivity index (χ4n) is 2.97. The lowest BCUT2D eigenvalue weighted by molar-refractivity contribution is 0.102. The molecule has 4 rings (SSSR count). The van der Waals surface area contributed by atoms with Crippen LogP contribution in [-0.4, -0.2) is 31.6 Å². The maximum Gasteiger partial charge on any atom is 0.322 e. The number of carbonyl (C=O) groups excluding carboxylic acids is 1. The van der Waals surface area contributed by atoms with Gasteiger partial charge in [-0.2, -0.15) is 0 Å². The van der Waals surface area contributed by atoms with E-state index in [4.69, 9.17) is 9.15 Å². The summed E-state index contributed by atoms with van der Waals surface area (Å²) in [6, 6.07) is 19.5. The Labute approximate surface area is 190 Å². The van der Waals surface area contributed by atoms with Crippen molar-refractivity contribution < 1.29 is 22.4 Å². The summed E-state index contributed by atoms with van der Waals surface area (Å²) < 4.78 is 38.4. The first-order valence-electron chi connectivity index (χ1n) is 9.83. The Bertz CT molecular complexity index is 1400. The van der Waals surface area contributed by atoms with E-state index in [1.807, 2.05) is 6.92 Å². The van der Waals surface area contributed by atoms with Crippen LogP contribution in [0.3, 0.4) is 0 Å². The topological polar surface area (TPSA) is 123 Å². The lowest BCUT2D eigenvalue weighted by Crippen LogP contribution is -2.15. The lowest BCUT2D eigenvalue weighted by Gasteiger charge is -2.09. The number of ether oxygens (including phenoxy) is 1. The van der Waals surface area contributed by atoms with Crippen molar-refractivity contribution in [1.29, 1.82) is 0 Å². The molecule has 9 nitrogen and oxygen atoms in total. The lowest BCUT2D eigenvalue weighted by atomic mass is 10.2. The highest BCUT2D eigenvalue weighted by Gasteiger charge is 2.17. The minimum absolute atomic E-state index is 0.0940. The highest BCUT2D eigenvalue weighted by molar-refractivity contribution is 7.92. The van der Waals surface area contributed by atoms with E-state index in [0.29, 0.717) is 11.3 Å². The molecule has 0 saturated heterocycles. The second-order valence-corrected chi connectivity index (χ2v) is 8.78. The van der Waals surface area contributed by atoms with Crippen LogP contribution in [0.2, 0.25) is 0 Å². The van der Waals surface area contributed by atoms with Gasteiger partial charge in [-0.25, -0.2) is 8.42 Å². The first-order chi connectivity index (χ1) is 15.8. The average Bonchev–Trinajstić information content (AvgIpc) is 3.28. The molecule has 0 saturated carbocycles. The van der Waals surface area contributed by atoms with Gasteiger partial charge in [0.1, 0.15) is 5.75 Å². The van der Waals surface area contributed by atoms with Crippen LogP contribution in [0.5, 0.6) is 5.75 Å². The van der Waals surface area contributed by atoms with Gasteiger partial charge in [0.2, 0.25) is 5.89 Å². The number of hydrogen-bond acceptors (Lipinski definition) is 7. The van der Waals surface area contributed by atoms with E-state index in [1.165, 1.54) is 18.2 Å². The Morgan fingerprint density at radius 1 is 0.970 bits per heavy atom. The molecular formula is C23H20N4O5S. The normalized spacial score (nSPS) is 11.1. The Balaban J connectivity index is 1.48. The molecule has 33 heavy (non-hydrogen) atoms. The number of aryl methyl sites for hydroxylation is 1. The third-order valence-electron chi connectivity index (χ3n) is 4.67. The smallest absolute Gasteiger partial charge is 0.322 e. The van der Waals surface area contributed by atoms with Gasteiger partial charge in [-0.3, -0.25) is 14.8 Å². The Morgan fingerprint density at radius 2 is 1.73 bits per heavy atom. The molecule has 2 N–H and O–H groups in total. The van der Waals surface area contributed by atoms with Gasteiger partial charge in [-0.15, -0.1) is 5.10 Å². The monoisotopic (exact) mass is 464 g/mol. The Hall–Kier alpha value is -4.18. The van der Waals surface area contributed by atoms with Crippen LogP contribution >= 0.6 is 0 Å². The SMILES string of the molecule is COc1cccc(-c2nnc(NC(=O)c3cccc(NS(=O)(=O)c4ccc(C)cc4)c3)o2)c1. The van der Waals surface area contributed by atoms with Gasteiger partial charge in [-0.1, -0.05) is 34.9 Å². The van der Waals surface area contributed by atoms with Crippen molar-refractivity contribution >= 4 is 27.6 Å². The quantitative estimate of drug-likeness (QED) is 0.422. The number of nitrogens with zero attached hydrogens (tertiary/aromatic N) is 2. The van der Waals surface area contributed by atoms with Crippen molar-refractivity contribution in [3.63, 3.8) is 0 Å². The molecular weight excluding hydrogens is 444 g/mol. The zero-order valence-electron chi connectivity index (χ0n) is 17.8. The molecule has 4 aromatic rings. The predicted molar refractivity (Wildman–Crippen MR) is 123 cm³/mol. The Kier molecular flexibility index (Phi) is 6.09. The minimum atomic E-state index is -3.80. The molecule has 0 unspecified atom stereocenters. The van der Waals surface area contributed by atoms with E-state index in [9.17, 15) is 13.2 Å². The molecule has 1 amide bonds. The van der Waals surface area contributed by atoms with Crippen molar-refractivity contribution in [1.82, 2.24) is 10.2 Å². The minimum Gasteiger partial charge on any atom is -0.497 e. The summed E-state index contributed by atoms with van der Waals surface area (Å²) in [5, 5.41) is 10.3. The number of anilines is 2. The molecule has 168 valence electrons. The molecule has 0 spiro atoms. The number of amides is 1. The van der Waals surface area contributed by atoms with Gasteiger partial charge in [0.25, 0.3) is 15.9 Å². The summed E-state index contributed by atoms with van der Waals surface area (Å²) >= 11 is 0. The number of aromatic nitrogens is 2. The van der Waals surface area contributed by atoms with E-state index in [0.717, 1.165) is 5.56 Å².